The van der Waals surface area contributed by atoms with Gasteiger partial charge in [-0.3, -0.25) is 0 Å². The van der Waals surface area contributed by atoms with Crippen molar-refractivity contribution in [3.8, 4) is 0 Å². The lowest BCUT2D eigenvalue weighted by molar-refractivity contribution is 0.123. The maximum atomic E-state index is 5.55. The molecule has 0 saturated carbocycles. The summed E-state index contributed by atoms with van der Waals surface area (Å²) < 4.78 is 6.97. The molecule has 118 valence electrons. The highest BCUT2D eigenvalue weighted by molar-refractivity contribution is 7.23. The van der Waals surface area contributed by atoms with E-state index in [0.29, 0.717) is 0 Å². The fraction of sp³-hybridized carbons (Fsp3) is 0.556. The van der Waals surface area contributed by atoms with Crippen molar-refractivity contribution >= 4 is 32.1 Å². The van der Waals surface area contributed by atoms with Crippen molar-refractivity contribution < 1.29 is 4.74 Å². The van der Waals surface area contributed by atoms with Gasteiger partial charge in [0.25, 0.3) is 0 Å². The Morgan fingerprint density at radius 2 is 1.55 bits per heavy atom. The summed E-state index contributed by atoms with van der Waals surface area (Å²) in [4.78, 5) is 5.19. The van der Waals surface area contributed by atoms with E-state index in [-0.39, 0.29) is 0 Å². The quantitative estimate of drug-likeness (QED) is 0.829. The van der Waals surface area contributed by atoms with Gasteiger partial charge in [0.15, 0.2) is 0 Å². The average Bonchev–Trinajstić information content (AvgIpc) is 2.76. The molecular weight excluding hydrogens is 292 g/mol. The van der Waals surface area contributed by atoms with E-state index in [1.54, 1.807) is 0 Å². The van der Waals surface area contributed by atoms with Crippen LogP contribution in [0.15, 0.2) is 24.3 Å². The SMILES string of the molecule is c1ccc2c(N3CCCCCC3)c(N3CCOCC3)sc2c1. The third-order valence-electron chi connectivity index (χ3n) is 4.77. The van der Waals surface area contributed by atoms with Crippen molar-refractivity contribution in [3.63, 3.8) is 0 Å². The highest BCUT2D eigenvalue weighted by atomic mass is 32.1. The number of nitrogens with zero attached hydrogens (tertiary/aromatic N) is 2. The van der Waals surface area contributed by atoms with Gasteiger partial charge in [0.1, 0.15) is 5.00 Å². The number of hydrogen-bond donors (Lipinski definition) is 0. The van der Waals surface area contributed by atoms with Gasteiger partial charge >= 0.3 is 0 Å². The molecule has 0 atom stereocenters. The Balaban J connectivity index is 1.78. The first-order valence-corrected chi connectivity index (χ1v) is 9.34. The number of benzene rings is 1. The van der Waals surface area contributed by atoms with Crippen LogP contribution in [-0.4, -0.2) is 39.4 Å². The molecule has 0 radical (unpaired) electrons. The van der Waals surface area contributed by atoms with Crippen molar-refractivity contribution in [1.82, 2.24) is 0 Å². The lowest BCUT2D eigenvalue weighted by Gasteiger charge is -2.32. The topological polar surface area (TPSA) is 15.7 Å². The zero-order valence-electron chi connectivity index (χ0n) is 13.1. The zero-order valence-corrected chi connectivity index (χ0v) is 13.9. The van der Waals surface area contributed by atoms with Crippen LogP contribution in [0.4, 0.5) is 10.7 Å². The summed E-state index contributed by atoms with van der Waals surface area (Å²) in [6, 6.07) is 8.91. The predicted octanol–water partition coefficient (Wildman–Crippen LogP) is 4.12. The number of fused-ring (bicyclic) bond motifs is 1. The van der Waals surface area contributed by atoms with Crippen LogP contribution >= 0.6 is 11.3 Å². The van der Waals surface area contributed by atoms with Crippen molar-refractivity contribution in [3.05, 3.63) is 24.3 Å². The van der Waals surface area contributed by atoms with Crippen molar-refractivity contribution in [1.29, 1.82) is 0 Å². The highest BCUT2D eigenvalue weighted by Gasteiger charge is 2.24. The molecule has 4 rings (SSSR count). The normalized spacial score (nSPS) is 20.4. The van der Waals surface area contributed by atoms with Gasteiger partial charge in [0.2, 0.25) is 0 Å². The van der Waals surface area contributed by atoms with Gasteiger partial charge in [-0.1, -0.05) is 31.0 Å². The van der Waals surface area contributed by atoms with Crippen LogP contribution in [0.5, 0.6) is 0 Å². The Morgan fingerprint density at radius 1 is 0.818 bits per heavy atom. The van der Waals surface area contributed by atoms with Crippen LogP contribution in [0.25, 0.3) is 10.1 Å². The molecule has 0 unspecified atom stereocenters. The third-order valence-corrected chi connectivity index (χ3v) is 5.99. The van der Waals surface area contributed by atoms with Crippen LogP contribution < -0.4 is 9.80 Å². The molecule has 2 aliphatic rings. The van der Waals surface area contributed by atoms with Gasteiger partial charge in [-0.2, -0.15) is 0 Å². The van der Waals surface area contributed by atoms with Crippen LogP contribution in [-0.2, 0) is 4.74 Å². The summed E-state index contributed by atoms with van der Waals surface area (Å²) in [5.41, 5.74) is 1.49. The summed E-state index contributed by atoms with van der Waals surface area (Å²) in [7, 11) is 0. The van der Waals surface area contributed by atoms with Crippen LogP contribution in [0, 0.1) is 0 Å². The predicted molar refractivity (Wildman–Crippen MR) is 95.5 cm³/mol. The van der Waals surface area contributed by atoms with Gasteiger partial charge in [0.05, 0.1) is 18.9 Å². The van der Waals surface area contributed by atoms with Crippen molar-refractivity contribution in [2.45, 2.75) is 25.7 Å². The molecule has 2 aromatic rings. The molecule has 3 nitrogen and oxygen atoms in total. The van der Waals surface area contributed by atoms with Gasteiger partial charge in [-0.05, 0) is 18.9 Å². The van der Waals surface area contributed by atoms with Crippen LogP contribution in [0.1, 0.15) is 25.7 Å². The number of morpholine rings is 1. The fourth-order valence-electron chi connectivity index (χ4n) is 3.60. The lowest BCUT2D eigenvalue weighted by atomic mass is 10.2. The molecule has 2 fully saturated rings. The number of anilines is 2. The minimum absolute atomic E-state index is 0.855. The Bertz CT molecular complexity index is 625. The van der Waals surface area contributed by atoms with Gasteiger partial charge in [-0.25, -0.2) is 0 Å². The second kappa shape index (κ2) is 6.47. The molecule has 1 aromatic carbocycles. The molecule has 0 spiro atoms. The van der Waals surface area contributed by atoms with E-state index in [2.05, 4.69) is 34.1 Å². The zero-order chi connectivity index (χ0) is 14.8. The Kier molecular flexibility index (Phi) is 4.22. The van der Waals surface area contributed by atoms with E-state index in [4.69, 9.17) is 4.74 Å². The van der Waals surface area contributed by atoms with E-state index in [9.17, 15) is 0 Å². The largest absolute Gasteiger partial charge is 0.378 e. The molecule has 1 aromatic heterocycles. The minimum Gasteiger partial charge on any atom is -0.378 e. The van der Waals surface area contributed by atoms with E-state index < -0.39 is 0 Å². The van der Waals surface area contributed by atoms with Crippen LogP contribution in [0.2, 0.25) is 0 Å². The van der Waals surface area contributed by atoms with Gasteiger partial charge in [-0.15, -0.1) is 11.3 Å². The summed E-state index contributed by atoms with van der Waals surface area (Å²) in [6.45, 7) is 6.17. The highest BCUT2D eigenvalue weighted by Crippen LogP contribution is 2.45. The first-order chi connectivity index (χ1) is 10.9. The van der Waals surface area contributed by atoms with E-state index in [1.165, 1.54) is 59.5 Å². The third kappa shape index (κ3) is 2.70. The maximum Gasteiger partial charge on any atom is 0.116 e. The van der Waals surface area contributed by atoms with E-state index >= 15 is 0 Å². The smallest absolute Gasteiger partial charge is 0.116 e. The molecular formula is C18H24N2OS. The first-order valence-electron chi connectivity index (χ1n) is 8.53. The lowest BCUT2D eigenvalue weighted by Crippen LogP contribution is -2.37. The first kappa shape index (κ1) is 14.3. The molecule has 0 amide bonds. The maximum absolute atomic E-state index is 5.55. The Hall–Kier alpha value is -1.26. The average molecular weight is 316 g/mol. The van der Waals surface area contributed by atoms with E-state index in [1.807, 2.05) is 11.3 Å². The number of rotatable bonds is 2. The van der Waals surface area contributed by atoms with Gasteiger partial charge in [0, 0.05) is 36.3 Å². The molecule has 2 aliphatic heterocycles. The Morgan fingerprint density at radius 3 is 2.32 bits per heavy atom. The van der Waals surface area contributed by atoms with E-state index in [0.717, 1.165) is 26.3 Å². The number of ether oxygens (including phenoxy) is 1. The molecule has 4 heteroatoms. The van der Waals surface area contributed by atoms with Crippen molar-refractivity contribution in [2.24, 2.45) is 0 Å². The molecule has 0 aliphatic carbocycles. The summed E-state index contributed by atoms with van der Waals surface area (Å²) >= 11 is 1.96. The minimum atomic E-state index is 0.855. The summed E-state index contributed by atoms with van der Waals surface area (Å²) in [6.07, 6.45) is 5.41. The summed E-state index contributed by atoms with van der Waals surface area (Å²) in [5, 5.41) is 2.90. The van der Waals surface area contributed by atoms with Crippen LogP contribution in [0.3, 0.4) is 0 Å². The summed E-state index contributed by atoms with van der Waals surface area (Å²) in [5.74, 6) is 0. The standard InChI is InChI=1S/C18H24N2OS/c1-2-6-10-19(9-5-1)17-15-7-3-4-8-16(15)22-18(17)20-11-13-21-14-12-20/h3-4,7-8H,1-2,5-6,9-14H2. The number of thiophene rings is 1. The monoisotopic (exact) mass is 316 g/mol. The fourth-order valence-corrected chi connectivity index (χ4v) is 4.88. The van der Waals surface area contributed by atoms with Crippen molar-refractivity contribution in [2.75, 3.05) is 49.2 Å². The molecule has 0 N–H and O–H groups in total. The number of hydrogen-bond acceptors (Lipinski definition) is 4. The Labute approximate surface area is 136 Å². The second-order valence-corrected chi connectivity index (χ2v) is 7.28. The molecule has 0 bridgehead atoms. The van der Waals surface area contributed by atoms with Gasteiger partial charge < -0.3 is 14.5 Å². The molecule has 2 saturated heterocycles. The molecule has 3 heterocycles. The molecule has 22 heavy (non-hydrogen) atoms. The second-order valence-electron chi connectivity index (χ2n) is 6.25.